The molecule has 0 atom stereocenters. The molecule has 1 N–H and O–H groups in total. The van der Waals surface area contributed by atoms with E-state index in [1.807, 2.05) is 0 Å². The Hall–Kier alpha value is -2.75. The molecule has 1 amide bonds. The quantitative estimate of drug-likeness (QED) is 0.686. The third-order valence-electron chi connectivity index (χ3n) is 3.34. The molecule has 10 heteroatoms. The summed E-state index contributed by atoms with van der Waals surface area (Å²) in [7, 11) is -2.05. The van der Waals surface area contributed by atoms with Gasteiger partial charge in [0, 0.05) is 12.6 Å². The predicted octanol–water partition coefficient (Wildman–Crippen LogP) is 0.953. The van der Waals surface area contributed by atoms with Gasteiger partial charge in [0.05, 0.1) is 19.9 Å². The lowest BCUT2D eigenvalue weighted by molar-refractivity contribution is -0.123. The van der Waals surface area contributed by atoms with Crippen molar-refractivity contribution in [2.24, 2.45) is 0 Å². The van der Waals surface area contributed by atoms with Crippen LogP contribution >= 0.6 is 0 Å². The second-order valence-electron chi connectivity index (χ2n) is 5.42. The van der Waals surface area contributed by atoms with E-state index in [0.717, 1.165) is 10.6 Å². The minimum absolute atomic E-state index is 0.0191. The van der Waals surface area contributed by atoms with E-state index in [1.165, 1.54) is 13.2 Å². The first-order valence-corrected chi connectivity index (χ1v) is 9.59. The van der Waals surface area contributed by atoms with Crippen LogP contribution in [-0.4, -0.2) is 52.5 Å². The Morgan fingerprint density at radius 3 is 2.58 bits per heavy atom. The monoisotopic (exact) mass is 383 g/mol. The molecule has 142 valence electrons. The summed E-state index contributed by atoms with van der Waals surface area (Å²) in [6, 6.07) is 8.46. The first kappa shape index (κ1) is 19.6. The first-order valence-electron chi connectivity index (χ1n) is 7.75. The molecule has 2 rings (SSSR count). The highest BCUT2D eigenvalue weighted by atomic mass is 32.2. The van der Waals surface area contributed by atoms with E-state index in [0.29, 0.717) is 17.3 Å². The minimum atomic E-state index is -3.56. The Morgan fingerprint density at radius 1 is 1.31 bits per heavy atom. The summed E-state index contributed by atoms with van der Waals surface area (Å²) in [5, 5.41) is 6.30. The van der Waals surface area contributed by atoms with Gasteiger partial charge in [-0.3, -0.25) is 4.79 Å². The molecule has 2 aromatic rings. The molecular formula is C16H21N3O6S. The van der Waals surface area contributed by atoms with Gasteiger partial charge in [-0.25, -0.2) is 12.7 Å². The van der Waals surface area contributed by atoms with E-state index in [9.17, 15) is 13.2 Å². The van der Waals surface area contributed by atoms with Crippen LogP contribution in [0.3, 0.4) is 0 Å². The Morgan fingerprint density at radius 2 is 2.00 bits per heavy atom. The van der Waals surface area contributed by atoms with E-state index in [2.05, 4.69) is 10.5 Å². The van der Waals surface area contributed by atoms with Crippen molar-refractivity contribution in [2.45, 2.75) is 6.92 Å². The molecule has 0 aliphatic carbocycles. The first-order chi connectivity index (χ1) is 12.3. The lowest BCUT2D eigenvalue weighted by atomic mass is 10.3. The summed E-state index contributed by atoms with van der Waals surface area (Å²) < 4.78 is 40.3. The maximum absolute atomic E-state index is 11.9. The largest absolute Gasteiger partial charge is 0.493 e. The number of sulfonamides is 1. The maximum atomic E-state index is 11.9. The number of nitrogens with one attached hydrogen (secondary N) is 1. The molecule has 0 aliphatic heterocycles. The molecule has 0 bridgehead atoms. The topological polar surface area (TPSA) is 111 Å². The maximum Gasteiger partial charge on any atom is 0.258 e. The van der Waals surface area contributed by atoms with Crippen molar-refractivity contribution in [2.75, 3.05) is 37.4 Å². The number of methoxy groups -OCH3 is 1. The summed E-state index contributed by atoms with van der Waals surface area (Å²) >= 11 is 0. The van der Waals surface area contributed by atoms with Crippen LogP contribution < -0.4 is 19.1 Å². The lowest BCUT2D eigenvalue weighted by Crippen LogP contribution is -2.39. The molecule has 1 aromatic carbocycles. The van der Waals surface area contributed by atoms with E-state index < -0.39 is 10.0 Å². The van der Waals surface area contributed by atoms with E-state index in [-0.39, 0.29) is 31.4 Å². The lowest BCUT2D eigenvalue weighted by Gasteiger charge is -2.19. The fourth-order valence-corrected chi connectivity index (χ4v) is 3.00. The van der Waals surface area contributed by atoms with Crippen LogP contribution in [0.15, 0.2) is 34.9 Å². The summed E-state index contributed by atoms with van der Waals surface area (Å²) in [6.45, 7) is 1.55. The molecule has 9 nitrogen and oxygen atoms in total. The van der Waals surface area contributed by atoms with Gasteiger partial charge in [-0.15, -0.1) is 0 Å². The number of carbonyl (C=O) groups excluding carboxylic acids is 1. The van der Waals surface area contributed by atoms with Crippen molar-refractivity contribution < 1.29 is 27.2 Å². The van der Waals surface area contributed by atoms with Gasteiger partial charge in [-0.05, 0) is 19.1 Å². The molecule has 1 aromatic heterocycles. The number of hydrogen-bond acceptors (Lipinski definition) is 7. The SMILES string of the molecule is COc1ccccc1OCC(=O)NCCN(c1cc(C)on1)S(C)(=O)=O. The van der Waals surface area contributed by atoms with Crippen molar-refractivity contribution in [1.29, 1.82) is 0 Å². The van der Waals surface area contributed by atoms with E-state index >= 15 is 0 Å². The number of hydrogen-bond donors (Lipinski definition) is 1. The fourth-order valence-electron chi connectivity index (χ4n) is 2.15. The third kappa shape index (κ3) is 5.38. The zero-order chi connectivity index (χ0) is 19.2. The molecule has 0 fully saturated rings. The standard InChI is InChI=1S/C16H21N3O6S/c1-12-10-15(18-25-12)19(26(3,21)22)9-8-17-16(20)11-24-14-7-5-4-6-13(14)23-2/h4-7,10H,8-9,11H2,1-3H3,(H,17,20). The number of aryl methyl sites for hydroxylation is 1. The smallest absolute Gasteiger partial charge is 0.258 e. The molecular weight excluding hydrogens is 362 g/mol. The zero-order valence-corrected chi connectivity index (χ0v) is 15.6. The average molecular weight is 383 g/mol. The van der Waals surface area contributed by atoms with Crippen molar-refractivity contribution in [3.05, 3.63) is 36.1 Å². The van der Waals surface area contributed by atoms with E-state index in [1.54, 1.807) is 31.2 Å². The summed E-state index contributed by atoms with van der Waals surface area (Å²) in [6.07, 6.45) is 1.06. The van der Waals surface area contributed by atoms with Crippen LogP contribution in [0.25, 0.3) is 0 Å². The van der Waals surface area contributed by atoms with Gasteiger partial charge < -0.3 is 19.3 Å². The fraction of sp³-hybridized carbons (Fsp3) is 0.375. The normalized spacial score (nSPS) is 11.0. The highest BCUT2D eigenvalue weighted by Crippen LogP contribution is 2.25. The van der Waals surface area contributed by atoms with Gasteiger partial charge in [-0.2, -0.15) is 0 Å². The molecule has 0 radical (unpaired) electrons. The van der Waals surface area contributed by atoms with Gasteiger partial charge in [0.15, 0.2) is 23.9 Å². The van der Waals surface area contributed by atoms with Crippen LogP contribution in [-0.2, 0) is 14.8 Å². The number of rotatable bonds is 9. The number of amides is 1. The van der Waals surface area contributed by atoms with Crippen molar-refractivity contribution in [1.82, 2.24) is 10.5 Å². The van der Waals surface area contributed by atoms with Crippen LogP contribution in [0.4, 0.5) is 5.82 Å². The number of nitrogens with zero attached hydrogens (tertiary/aromatic N) is 2. The van der Waals surface area contributed by atoms with Crippen LogP contribution in [0, 0.1) is 6.92 Å². The van der Waals surface area contributed by atoms with Crippen LogP contribution in [0.2, 0.25) is 0 Å². The second-order valence-corrected chi connectivity index (χ2v) is 7.33. The van der Waals surface area contributed by atoms with Crippen molar-refractivity contribution >= 4 is 21.7 Å². The number of aromatic nitrogens is 1. The minimum Gasteiger partial charge on any atom is -0.493 e. The van der Waals surface area contributed by atoms with Crippen molar-refractivity contribution in [3.8, 4) is 11.5 Å². The highest BCUT2D eigenvalue weighted by Gasteiger charge is 2.20. The van der Waals surface area contributed by atoms with Gasteiger partial charge in [-0.1, -0.05) is 17.3 Å². The molecule has 0 saturated heterocycles. The van der Waals surface area contributed by atoms with Gasteiger partial charge in [0.1, 0.15) is 5.76 Å². The average Bonchev–Trinajstić information content (AvgIpc) is 3.01. The van der Waals surface area contributed by atoms with Crippen LogP contribution in [0.5, 0.6) is 11.5 Å². The second kappa shape index (κ2) is 8.56. The Balaban J connectivity index is 1.86. The predicted molar refractivity (Wildman–Crippen MR) is 94.9 cm³/mol. The molecule has 1 heterocycles. The van der Waals surface area contributed by atoms with Gasteiger partial charge in [0.25, 0.3) is 5.91 Å². The number of para-hydroxylation sites is 2. The molecule has 26 heavy (non-hydrogen) atoms. The molecule has 0 saturated carbocycles. The molecule has 0 spiro atoms. The number of benzene rings is 1. The van der Waals surface area contributed by atoms with Crippen molar-refractivity contribution in [3.63, 3.8) is 0 Å². The number of carbonyl (C=O) groups is 1. The molecule has 0 aliphatic rings. The molecule has 0 unspecified atom stereocenters. The van der Waals surface area contributed by atoms with Gasteiger partial charge in [0.2, 0.25) is 10.0 Å². The van der Waals surface area contributed by atoms with Gasteiger partial charge >= 0.3 is 0 Å². The Kier molecular flexibility index (Phi) is 6.45. The number of anilines is 1. The third-order valence-corrected chi connectivity index (χ3v) is 4.51. The van der Waals surface area contributed by atoms with E-state index in [4.69, 9.17) is 14.0 Å². The highest BCUT2D eigenvalue weighted by molar-refractivity contribution is 7.92. The zero-order valence-electron chi connectivity index (χ0n) is 14.8. The Labute approximate surface area is 151 Å². The number of ether oxygens (including phenoxy) is 2. The van der Waals surface area contributed by atoms with Crippen LogP contribution in [0.1, 0.15) is 5.76 Å². The summed E-state index contributed by atoms with van der Waals surface area (Å²) in [5.41, 5.74) is 0. The summed E-state index contributed by atoms with van der Waals surface area (Å²) in [4.78, 5) is 11.9. The summed E-state index contributed by atoms with van der Waals surface area (Å²) in [5.74, 6) is 1.24. The Bertz CT molecular complexity index is 849.